The molecule has 8 nitrogen and oxygen atoms in total. The number of anilines is 1. The third kappa shape index (κ3) is 3.51. The minimum atomic E-state index is -0.257. The van der Waals surface area contributed by atoms with E-state index in [0.29, 0.717) is 23.9 Å². The van der Waals surface area contributed by atoms with Crippen molar-refractivity contribution >= 4 is 11.9 Å². The number of amides is 1. The van der Waals surface area contributed by atoms with E-state index in [-0.39, 0.29) is 5.91 Å². The van der Waals surface area contributed by atoms with E-state index in [1.165, 1.54) is 11.8 Å². The molecule has 0 saturated carbocycles. The smallest absolute Gasteiger partial charge is 0.258 e. The van der Waals surface area contributed by atoms with Gasteiger partial charge < -0.3 is 15.0 Å². The Labute approximate surface area is 129 Å². The minimum absolute atomic E-state index is 0.257. The Morgan fingerprint density at radius 3 is 2.77 bits per heavy atom. The van der Waals surface area contributed by atoms with Crippen molar-refractivity contribution in [1.82, 2.24) is 25.1 Å². The highest BCUT2D eigenvalue weighted by molar-refractivity contribution is 5.96. The van der Waals surface area contributed by atoms with Crippen LogP contribution in [0.1, 0.15) is 21.7 Å². The number of methoxy groups -OCH3 is 1. The summed E-state index contributed by atoms with van der Waals surface area (Å²) in [4.78, 5) is 22.8. The van der Waals surface area contributed by atoms with Crippen LogP contribution in [-0.2, 0) is 13.6 Å². The van der Waals surface area contributed by atoms with Crippen molar-refractivity contribution in [3.63, 3.8) is 0 Å². The number of nitrogens with zero attached hydrogens (tertiary/aromatic N) is 5. The summed E-state index contributed by atoms with van der Waals surface area (Å²) >= 11 is 0. The second kappa shape index (κ2) is 6.42. The normalized spacial score (nSPS) is 10.4. The lowest BCUT2D eigenvalue weighted by Crippen LogP contribution is -2.24. The van der Waals surface area contributed by atoms with Gasteiger partial charge in [-0.3, -0.25) is 9.48 Å². The number of aromatic nitrogens is 4. The molecular weight excluding hydrogens is 284 g/mol. The first kappa shape index (κ1) is 15.7. The van der Waals surface area contributed by atoms with Crippen molar-refractivity contribution in [2.24, 2.45) is 7.05 Å². The van der Waals surface area contributed by atoms with Gasteiger partial charge in [0.25, 0.3) is 5.91 Å². The van der Waals surface area contributed by atoms with Gasteiger partial charge in [-0.1, -0.05) is 0 Å². The van der Waals surface area contributed by atoms with Crippen LogP contribution in [0.25, 0.3) is 0 Å². The largest absolute Gasteiger partial charge is 0.479 e. The van der Waals surface area contributed by atoms with Gasteiger partial charge in [-0.2, -0.15) is 0 Å². The van der Waals surface area contributed by atoms with E-state index in [1.54, 1.807) is 13.2 Å². The molecule has 1 amide bonds. The van der Waals surface area contributed by atoms with Gasteiger partial charge in [0.15, 0.2) is 0 Å². The van der Waals surface area contributed by atoms with Gasteiger partial charge in [0.1, 0.15) is 5.56 Å². The molecule has 0 aromatic carbocycles. The first-order valence-electron chi connectivity index (χ1n) is 6.78. The van der Waals surface area contributed by atoms with Crippen LogP contribution in [0.2, 0.25) is 0 Å². The lowest BCUT2D eigenvalue weighted by Gasteiger charge is -2.12. The standard InChI is InChI=1S/C14H20N6O2/c1-9-6-10(17-14(16-9)19(2)3)7-15-12(21)11-8-20(4)18-13(11)22-5/h6,8H,7H2,1-5H3,(H,15,21). The highest BCUT2D eigenvalue weighted by atomic mass is 16.5. The van der Waals surface area contributed by atoms with Gasteiger partial charge in [-0.05, 0) is 13.0 Å². The zero-order chi connectivity index (χ0) is 16.3. The minimum Gasteiger partial charge on any atom is -0.479 e. The molecule has 0 saturated heterocycles. The quantitative estimate of drug-likeness (QED) is 0.867. The lowest BCUT2D eigenvalue weighted by atomic mass is 10.3. The summed E-state index contributed by atoms with van der Waals surface area (Å²) in [5.41, 5.74) is 1.98. The van der Waals surface area contributed by atoms with Crippen LogP contribution < -0.4 is 15.0 Å². The molecule has 2 heterocycles. The van der Waals surface area contributed by atoms with Crippen molar-refractivity contribution in [2.45, 2.75) is 13.5 Å². The van der Waals surface area contributed by atoms with Crippen LogP contribution in [0.3, 0.4) is 0 Å². The van der Waals surface area contributed by atoms with E-state index in [2.05, 4.69) is 20.4 Å². The topological polar surface area (TPSA) is 85.2 Å². The summed E-state index contributed by atoms with van der Waals surface area (Å²) in [5, 5.41) is 6.87. The number of rotatable bonds is 5. The number of carbonyl (C=O) groups excluding carboxylic acids is 1. The highest BCUT2D eigenvalue weighted by Crippen LogP contribution is 2.14. The monoisotopic (exact) mass is 304 g/mol. The third-order valence-electron chi connectivity index (χ3n) is 2.96. The predicted molar refractivity (Wildman–Crippen MR) is 82.0 cm³/mol. The van der Waals surface area contributed by atoms with Gasteiger partial charge in [0.2, 0.25) is 11.8 Å². The molecule has 0 spiro atoms. The van der Waals surface area contributed by atoms with Crippen molar-refractivity contribution in [3.05, 3.63) is 29.2 Å². The van der Waals surface area contributed by atoms with E-state index < -0.39 is 0 Å². The van der Waals surface area contributed by atoms with Crippen molar-refractivity contribution in [2.75, 3.05) is 26.1 Å². The predicted octanol–water partition coefficient (Wildman–Crippen LogP) is 0.523. The number of carbonyl (C=O) groups is 1. The molecule has 0 unspecified atom stereocenters. The van der Waals surface area contributed by atoms with Gasteiger partial charge in [-0.15, -0.1) is 5.10 Å². The maximum Gasteiger partial charge on any atom is 0.258 e. The Balaban J connectivity index is 2.11. The van der Waals surface area contributed by atoms with Crippen LogP contribution in [0.4, 0.5) is 5.95 Å². The molecular formula is C14H20N6O2. The summed E-state index contributed by atoms with van der Waals surface area (Å²) in [7, 11) is 6.96. The summed E-state index contributed by atoms with van der Waals surface area (Å²) in [6, 6.07) is 1.84. The van der Waals surface area contributed by atoms with E-state index in [1.807, 2.05) is 32.0 Å². The Morgan fingerprint density at radius 2 is 2.14 bits per heavy atom. The first-order chi connectivity index (χ1) is 10.4. The molecule has 8 heteroatoms. The average molecular weight is 304 g/mol. The fraction of sp³-hybridized carbons (Fsp3) is 0.429. The van der Waals surface area contributed by atoms with E-state index >= 15 is 0 Å². The molecule has 1 N–H and O–H groups in total. The molecule has 22 heavy (non-hydrogen) atoms. The maximum absolute atomic E-state index is 12.2. The van der Waals surface area contributed by atoms with Crippen molar-refractivity contribution in [1.29, 1.82) is 0 Å². The highest BCUT2D eigenvalue weighted by Gasteiger charge is 2.16. The third-order valence-corrected chi connectivity index (χ3v) is 2.96. The van der Waals surface area contributed by atoms with Gasteiger partial charge in [0, 0.05) is 33.0 Å². The van der Waals surface area contributed by atoms with Gasteiger partial charge in [-0.25, -0.2) is 9.97 Å². The zero-order valence-electron chi connectivity index (χ0n) is 13.4. The molecule has 2 aromatic heterocycles. The van der Waals surface area contributed by atoms with Gasteiger partial charge >= 0.3 is 0 Å². The second-order valence-corrected chi connectivity index (χ2v) is 5.10. The Kier molecular flexibility index (Phi) is 4.59. The maximum atomic E-state index is 12.2. The van der Waals surface area contributed by atoms with E-state index in [4.69, 9.17) is 4.74 Å². The number of nitrogens with one attached hydrogen (secondary N) is 1. The van der Waals surface area contributed by atoms with Crippen LogP contribution in [0, 0.1) is 6.92 Å². The van der Waals surface area contributed by atoms with Crippen LogP contribution in [0.15, 0.2) is 12.3 Å². The molecule has 2 aromatic rings. The molecule has 0 radical (unpaired) electrons. The number of hydrogen-bond donors (Lipinski definition) is 1. The number of aryl methyl sites for hydroxylation is 2. The van der Waals surface area contributed by atoms with Gasteiger partial charge in [0.05, 0.1) is 19.3 Å². The second-order valence-electron chi connectivity index (χ2n) is 5.10. The molecule has 0 aliphatic rings. The molecule has 0 fully saturated rings. The molecule has 0 aliphatic carbocycles. The molecule has 118 valence electrons. The Hall–Kier alpha value is -2.64. The zero-order valence-corrected chi connectivity index (χ0v) is 13.4. The summed E-state index contributed by atoms with van der Waals surface area (Å²) < 4.78 is 6.62. The van der Waals surface area contributed by atoms with Crippen molar-refractivity contribution in [3.8, 4) is 5.88 Å². The fourth-order valence-corrected chi connectivity index (χ4v) is 1.95. The van der Waals surface area contributed by atoms with E-state index in [9.17, 15) is 4.79 Å². The summed E-state index contributed by atoms with van der Waals surface area (Å²) in [6.07, 6.45) is 1.62. The lowest BCUT2D eigenvalue weighted by molar-refractivity contribution is 0.0947. The number of hydrogen-bond acceptors (Lipinski definition) is 6. The van der Waals surface area contributed by atoms with Crippen LogP contribution >= 0.6 is 0 Å². The number of ether oxygens (including phenoxy) is 1. The summed E-state index contributed by atoms with van der Waals surface area (Å²) in [5.74, 6) is 0.656. The molecule has 0 atom stereocenters. The molecule has 0 aliphatic heterocycles. The average Bonchev–Trinajstić information content (AvgIpc) is 2.85. The Bertz CT molecular complexity index is 680. The van der Waals surface area contributed by atoms with E-state index in [0.717, 1.165) is 11.4 Å². The molecule has 0 bridgehead atoms. The fourth-order valence-electron chi connectivity index (χ4n) is 1.95. The van der Waals surface area contributed by atoms with Crippen LogP contribution in [0.5, 0.6) is 5.88 Å². The first-order valence-corrected chi connectivity index (χ1v) is 6.78. The molecule has 2 rings (SSSR count). The summed E-state index contributed by atoms with van der Waals surface area (Å²) in [6.45, 7) is 2.20. The van der Waals surface area contributed by atoms with Crippen LogP contribution in [-0.4, -0.2) is 46.9 Å². The Morgan fingerprint density at radius 1 is 1.41 bits per heavy atom. The van der Waals surface area contributed by atoms with Crippen molar-refractivity contribution < 1.29 is 9.53 Å². The SMILES string of the molecule is COc1nn(C)cc1C(=O)NCc1cc(C)nc(N(C)C)n1.